The zero-order chi connectivity index (χ0) is 14.0. The molecule has 2 rings (SSSR count). The van der Waals surface area contributed by atoms with Crippen molar-refractivity contribution in [3.63, 3.8) is 0 Å². The van der Waals surface area contributed by atoms with E-state index < -0.39 is 0 Å². The first kappa shape index (κ1) is 14.3. The summed E-state index contributed by atoms with van der Waals surface area (Å²) >= 11 is 11.9. The molecule has 19 heavy (non-hydrogen) atoms. The first-order valence-electron chi connectivity index (χ1n) is 5.99. The van der Waals surface area contributed by atoms with Gasteiger partial charge in [0.2, 0.25) is 0 Å². The second kappa shape index (κ2) is 5.87. The van der Waals surface area contributed by atoms with Crippen LogP contribution in [0.5, 0.6) is 0 Å². The topological polar surface area (TPSA) is 51.8 Å². The maximum absolute atomic E-state index is 5.99. The van der Waals surface area contributed by atoms with Crippen LogP contribution in [-0.2, 0) is 6.42 Å². The molecule has 1 atom stereocenters. The van der Waals surface area contributed by atoms with Gasteiger partial charge in [-0.15, -0.1) is 0 Å². The Hall–Kier alpha value is -1.16. The molecule has 0 radical (unpaired) electrons. The van der Waals surface area contributed by atoms with E-state index in [0.29, 0.717) is 16.5 Å². The number of benzene rings is 1. The smallest absolute Gasteiger partial charge is 0.132 e. The third-order valence-corrected chi connectivity index (χ3v) is 3.64. The Balaban J connectivity index is 2.24. The molecule has 0 fully saturated rings. The lowest BCUT2D eigenvalue weighted by atomic mass is 10.1. The van der Waals surface area contributed by atoms with E-state index in [1.54, 1.807) is 12.3 Å². The summed E-state index contributed by atoms with van der Waals surface area (Å²) in [5, 5.41) is 1.10. The maximum atomic E-state index is 5.99. The summed E-state index contributed by atoms with van der Waals surface area (Å²) in [5.74, 6) is 0.750. The summed E-state index contributed by atoms with van der Waals surface area (Å²) in [6.07, 6.45) is 2.41. The van der Waals surface area contributed by atoms with Gasteiger partial charge in [-0.25, -0.2) is 9.97 Å². The fourth-order valence-electron chi connectivity index (χ4n) is 1.89. The molecule has 0 spiro atoms. The van der Waals surface area contributed by atoms with Crippen molar-refractivity contribution >= 4 is 23.2 Å². The van der Waals surface area contributed by atoms with Crippen molar-refractivity contribution in [3.05, 3.63) is 57.1 Å². The fourth-order valence-corrected chi connectivity index (χ4v) is 2.21. The summed E-state index contributed by atoms with van der Waals surface area (Å²) in [6, 6.07) is 5.48. The Labute approximate surface area is 122 Å². The van der Waals surface area contributed by atoms with Crippen LogP contribution in [0.25, 0.3) is 0 Å². The molecular weight excluding hydrogens is 281 g/mol. The second-order valence-corrected chi connectivity index (χ2v) is 5.36. The maximum Gasteiger partial charge on any atom is 0.132 e. The fraction of sp³-hybridized carbons (Fsp3) is 0.286. The molecule has 1 unspecified atom stereocenters. The lowest BCUT2D eigenvalue weighted by Crippen LogP contribution is -2.10. The highest BCUT2D eigenvalue weighted by Crippen LogP contribution is 2.23. The van der Waals surface area contributed by atoms with Gasteiger partial charge in [-0.3, -0.25) is 0 Å². The second-order valence-electron chi connectivity index (χ2n) is 4.54. The number of halogens is 2. The Morgan fingerprint density at radius 3 is 2.58 bits per heavy atom. The predicted molar refractivity (Wildman–Crippen MR) is 78.6 cm³/mol. The molecule has 0 saturated carbocycles. The SMILES string of the molecule is Cc1nc(Cc2ccc(Cl)c(Cl)c2)ncc1C(C)N. The quantitative estimate of drug-likeness (QED) is 0.939. The van der Waals surface area contributed by atoms with Gasteiger partial charge in [-0.1, -0.05) is 29.3 Å². The molecule has 0 bridgehead atoms. The third kappa shape index (κ3) is 3.44. The van der Waals surface area contributed by atoms with Gasteiger partial charge in [-0.2, -0.15) is 0 Å². The summed E-state index contributed by atoms with van der Waals surface area (Å²) in [5.41, 5.74) is 8.76. The lowest BCUT2D eigenvalue weighted by molar-refractivity contribution is 0.777. The van der Waals surface area contributed by atoms with Crippen LogP contribution in [0, 0.1) is 6.92 Å². The lowest BCUT2D eigenvalue weighted by Gasteiger charge is -2.10. The van der Waals surface area contributed by atoms with Gasteiger partial charge in [0.15, 0.2) is 0 Å². The van der Waals surface area contributed by atoms with Crippen molar-refractivity contribution in [2.75, 3.05) is 0 Å². The molecule has 5 heteroatoms. The van der Waals surface area contributed by atoms with Crippen LogP contribution < -0.4 is 5.73 Å². The number of hydrogen-bond donors (Lipinski definition) is 1. The number of aromatic nitrogens is 2. The van der Waals surface area contributed by atoms with Crippen LogP contribution >= 0.6 is 23.2 Å². The molecule has 2 aromatic rings. The van der Waals surface area contributed by atoms with Crippen LogP contribution in [0.1, 0.15) is 35.6 Å². The normalized spacial score (nSPS) is 12.5. The Morgan fingerprint density at radius 1 is 1.26 bits per heavy atom. The van der Waals surface area contributed by atoms with Crippen LogP contribution in [0.4, 0.5) is 0 Å². The zero-order valence-corrected chi connectivity index (χ0v) is 12.3. The van der Waals surface area contributed by atoms with E-state index in [9.17, 15) is 0 Å². The van der Waals surface area contributed by atoms with E-state index in [4.69, 9.17) is 28.9 Å². The first-order valence-corrected chi connectivity index (χ1v) is 6.75. The molecule has 1 aromatic heterocycles. The largest absolute Gasteiger partial charge is 0.324 e. The number of nitrogens with zero attached hydrogens (tertiary/aromatic N) is 2. The van der Waals surface area contributed by atoms with Crippen molar-refractivity contribution in [2.24, 2.45) is 5.73 Å². The van der Waals surface area contributed by atoms with E-state index in [-0.39, 0.29) is 6.04 Å². The van der Waals surface area contributed by atoms with Crippen molar-refractivity contribution in [1.29, 1.82) is 0 Å². The van der Waals surface area contributed by atoms with Crippen LogP contribution in [0.15, 0.2) is 24.4 Å². The Bertz CT molecular complexity index is 597. The van der Waals surface area contributed by atoms with Crippen LogP contribution in [0.3, 0.4) is 0 Å². The molecule has 0 aliphatic carbocycles. The van der Waals surface area contributed by atoms with Crippen LogP contribution in [0.2, 0.25) is 10.0 Å². The molecule has 1 heterocycles. The third-order valence-electron chi connectivity index (χ3n) is 2.90. The summed E-state index contributed by atoms with van der Waals surface area (Å²) in [7, 11) is 0. The van der Waals surface area contributed by atoms with E-state index in [2.05, 4.69) is 9.97 Å². The van der Waals surface area contributed by atoms with E-state index in [1.807, 2.05) is 26.0 Å². The van der Waals surface area contributed by atoms with Crippen LogP contribution in [-0.4, -0.2) is 9.97 Å². The molecule has 0 aliphatic rings. The molecule has 3 nitrogen and oxygen atoms in total. The number of aryl methyl sites for hydroxylation is 1. The predicted octanol–water partition coefficient (Wildman–Crippen LogP) is 3.70. The highest BCUT2D eigenvalue weighted by molar-refractivity contribution is 6.42. The van der Waals surface area contributed by atoms with Gasteiger partial charge >= 0.3 is 0 Å². The highest BCUT2D eigenvalue weighted by atomic mass is 35.5. The van der Waals surface area contributed by atoms with Gasteiger partial charge < -0.3 is 5.73 Å². The highest BCUT2D eigenvalue weighted by Gasteiger charge is 2.08. The standard InChI is InChI=1S/C14H15Cl2N3/c1-8(17)11-7-18-14(19-9(11)2)6-10-3-4-12(15)13(16)5-10/h3-5,7-8H,6,17H2,1-2H3. The van der Waals surface area contributed by atoms with Gasteiger partial charge in [0.1, 0.15) is 5.82 Å². The average Bonchev–Trinajstić information content (AvgIpc) is 2.33. The molecule has 100 valence electrons. The monoisotopic (exact) mass is 295 g/mol. The number of nitrogens with two attached hydrogens (primary N) is 1. The molecule has 0 saturated heterocycles. The molecular formula is C14H15Cl2N3. The summed E-state index contributed by atoms with van der Waals surface area (Å²) in [4.78, 5) is 8.82. The minimum absolute atomic E-state index is 0.0565. The van der Waals surface area contributed by atoms with Gasteiger partial charge in [0.25, 0.3) is 0 Å². The Morgan fingerprint density at radius 2 is 2.00 bits per heavy atom. The molecule has 1 aromatic carbocycles. The molecule has 2 N–H and O–H groups in total. The summed E-state index contributed by atoms with van der Waals surface area (Å²) in [6.45, 7) is 3.86. The van der Waals surface area contributed by atoms with E-state index >= 15 is 0 Å². The Kier molecular flexibility index (Phi) is 4.40. The zero-order valence-electron chi connectivity index (χ0n) is 10.8. The van der Waals surface area contributed by atoms with E-state index in [0.717, 1.165) is 22.6 Å². The van der Waals surface area contributed by atoms with Gasteiger partial charge in [-0.05, 0) is 31.5 Å². The van der Waals surface area contributed by atoms with Gasteiger partial charge in [0, 0.05) is 29.9 Å². The minimum atomic E-state index is -0.0565. The van der Waals surface area contributed by atoms with Crippen molar-refractivity contribution < 1.29 is 0 Å². The van der Waals surface area contributed by atoms with Crippen molar-refractivity contribution in [2.45, 2.75) is 26.3 Å². The minimum Gasteiger partial charge on any atom is -0.324 e. The number of hydrogen-bond acceptors (Lipinski definition) is 3. The van der Waals surface area contributed by atoms with Crippen molar-refractivity contribution in [3.8, 4) is 0 Å². The number of rotatable bonds is 3. The first-order chi connectivity index (χ1) is 8.97. The van der Waals surface area contributed by atoms with Crippen molar-refractivity contribution in [1.82, 2.24) is 9.97 Å². The molecule has 0 amide bonds. The summed E-state index contributed by atoms with van der Waals surface area (Å²) < 4.78 is 0. The van der Waals surface area contributed by atoms with Gasteiger partial charge in [0.05, 0.1) is 10.0 Å². The van der Waals surface area contributed by atoms with E-state index in [1.165, 1.54) is 0 Å². The molecule has 0 aliphatic heterocycles. The average molecular weight is 296 g/mol.